The third-order valence-corrected chi connectivity index (χ3v) is 5.04. The number of alkyl halides is 1. The van der Waals surface area contributed by atoms with Crippen LogP contribution < -0.4 is 16.2 Å². The van der Waals surface area contributed by atoms with Gasteiger partial charge in [0.2, 0.25) is 0 Å². The third kappa shape index (κ3) is 3.27. The lowest BCUT2D eigenvalue weighted by Crippen LogP contribution is -2.10. The summed E-state index contributed by atoms with van der Waals surface area (Å²) in [5.74, 6) is -1.84. The van der Waals surface area contributed by atoms with E-state index >= 15 is 0 Å². The number of rotatable bonds is 5. The second kappa shape index (κ2) is 6.90. The quantitative estimate of drug-likeness (QED) is 0.663. The van der Waals surface area contributed by atoms with Crippen LogP contribution in [0.15, 0.2) is 24.3 Å². The van der Waals surface area contributed by atoms with Gasteiger partial charge in [0.05, 0.1) is 23.4 Å². The number of aromatic nitrogens is 2. The molecule has 2 atom stereocenters. The summed E-state index contributed by atoms with van der Waals surface area (Å²) in [5, 5.41) is 0.513. The Morgan fingerprint density at radius 1 is 1.44 bits per heavy atom. The molecular weight excluding hydrogens is 362 g/mol. The number of anilines is 1. The molecule has 0 bridgehead atoms. The van der Waals surface area contributed by atoms with Crippen LogP contribution >= 0.6 is 20.6 Å². The smallest absolute Gasteiger partial charge is 0.318 e. The Balaban J connectivity index is 2.31. The number of ether oxygens (including phenoxy) is 1. The van der Waals surface area contributed by atoms with Gasteiger partial charge in [-0.1, -0.05) is 27.4 Å². The van der Waals surface area contributed by atoms with E-state index in [1.165, 1.54) is 0 Å². The largest absolute Gasteiger partial charge is 0.464 e. The fraction of sp³-hybridized carbons (Fsp3) is 0.188. The Kier molecular flexibility index (Phi) is 4.83. The predicted molar refractivity (Wildman–Crippen MR) is 101 cm³/mol. The normalized spacial score (nSPS) is 12.3. The van der Waals surface area contributed by atoms with Gasteiger partial charge in [0, 0.05) is 5.56 Å². The lowest BCUT2D eigenvalue weighted by molar-refractivity contribution is 0.100. The molecule has 3 aromatic rings. The van der Waals surface area contributed by atoms with Crippen LogP contribution in [0.5, 0.6) is 6.01 Å². The van der Waals surface area contributed by atoms with E-state index < -0.39 is 11.8 Å². The second-order valence-electron chi connectivity index (χ2n) is 5.20. The number of primary amides is 1. The first-order valence-corrected chi connectivity index (χ1v) is 8.93. The number of hydrogen-bond donors (Lipinski definition) is 2. The van der Waals surface area contributed by atoms with Crippen molar-refractivity contribution in [3.05, 3.63) is 34.7 Å². The Morgan fingerprint density at radius 2 is 2.20 bits per heavy atom. The number of hydrogen-bond acceptors (Lipinski definition) is 6. The lowest BCUT2D eigenvalue weighted by atomic mass is 10.1. The topological polar surface area (TPSA) is 104 Å². The summed E-state index contributed by atoms with van der Waals surface area (Å²) in [5.41, 5.74) is 13.3. The molecule has 0 aliphatic carbocycles. The molecule has 4 N–H and O–H groups in total. The molecule has 0 aliphatic heterocycles. The van der Waals surface area contributed by atoms with E-state index in [0.717, 1.165) is 11.3 Å². The number of nitrogen functional groups attached to an aromatic ring is 1. The Labute approximate surface area is 149 Å². The maximum absolute atomic E-state index is 13.7. The zero-order valence-corrected chi connectivity index (χ0v) is 15.3. The summed E-state index contributed by atoms with van der Waals surface area (Å²) in [6.45, 7) is 2.19. The van der Waals surface area contributed by atoms with Gasteiger partial charge in [0.25, 0.3) is 5.91 Å². The van der Waals surface area contributed by atoms with E-state index in [4.69, 9.17) is 16.2 Å². The summed E-state index contributed by atoms with van der Waals surface area (Å²) in [7, 11) is 2.11. The molecule has 0 aliphatic rings. The highest BCUT2D eigenvalue weighted by Gasteiger charge is 2.21. The number of halogens is 1. The highest BCUT2D eigenvalue weighted by atomic mass is 32.1. The number of thiophene rings is 1. The van der Waals surface area contributed by atoms with Gasteiger partial charge in [0.1, 0.15) is 15.6 Å². The first kappa shape index (κ1) is 17.5. The SMILES string of the molecule is CCOc1nc(-c2cccc(C(F)P)c2)c2c(N)c(C(N)=O)sc2n1. The van der Waals surface area contributed by atoms with E-state index in [-0.39, 0.29) is 16.6 Å². The van der Waals surface area contributed by atoms with Gasteiger partial charge >= 0.3 is 6.01 Å². The molecule has 3 rings (SSSR count). The highest BCUT2D eigenvalue weighted by molar-refractivity contribution is 7.21. The minimum Gasteiger partial charge on any atom is -0.464 e. The van der Waals surface area contributed by atoms with Gasteiger partial charge in [-0.2, -0.15) is 9.97 Å². The Hall–Kier alpha value is -2.31. The monoisotopic (exact) mass is 378 g/mol. The Morgan fingerprint density at radius 3 is 2.84 bits per heavy atom. The van der Waals surface area contributed by atoms with Crippen molar-refractivity contribution in [2.24, 2.45) is 5.73 Å². The molecule has 25 heavy (non-hydrogen) atoms. The van der Waals surface area contributed by atoms with E-state index in [2.05, 4.69) is 19.2 Å². The maximum Gasteiger partial charge on any atom is 0.318 e. The van der Waals surface area contributed by atoms with Crippen LogP contribution in [-0.4, -0.2) is 22.5 Å². The molecule has 130 valence electrons. The van der Waals surface area contributed by atoms with Crippen molar-refractivity contribution in [2.75, 3.05) is 12.3 Å². The van der Waals surface area contributed by atoms with Gasteiger partial charge in [0.15, 0.2) is 0 Å². The lowest BCUT2D eigenvalue weighted by Gasteiger charge is -2.09. The van der Waals surface area contributed by atoms with Gasteiger partial charge in [-0.25, -0.2) is 4.39 Å². The average Bonchev–Trinajstić information content (AvgIpc) is 2.92. The molecular formula is C16H16FN4O2PS. The van der Waals surface area contributed by atoms with Crippen LogP contribution in [0.4, 0.5) is 10.1 Å². The van der Waals surface area contributed by atoms with Crippen LogP contribution in [-0.2, 0) is 0 Å². The van der Waals surface area contributed by atoms with Gasteiger partial charge < -0.3 is 16.2 Å². The molecule has 0 spiro atoms. The van der Waals surface area contributed by atoms with Crippen molar-refractivity contribution in [2.45, 2.75) is 12.8 Å². The molecule has 1 aromatic carbocycles. The highest BCUT2D eigenvalue weighted by Crippen LogP contribution is 2.40. The fourth-order valence-corrected chi connectivity index (χ4v) is 3.59. The number of benzene rings is 1. The van der Waals surface area contributed by atoms with Crippen molar-refractivity contribution < 1.29 is 13.9 Å². The first-order valence-electron chi connectivity index (χ1n) is 7.45. The average molecular weight is 378 g/mol. The Bertz CT molecular complexity index is 961. The van der Waals surface area contributed by atoms with E-state index in [9.17, 15) is 9.18 Å². The molecule has 6 nitrogen and oxygen atoms in total. The van der Waals surface area contributed by atoms with Gasteiger partial charge in [-0.3, -0.25) is 4.79 Å². The summed E-state index contributed by atoms with van der Waals surface area (Å²) in [4.78, 5) is 21.0. The van der Waals surface area contributed by atoms with E-state index in [1.54, 1.807) is 24.3 Å². The first-order chi connectivity index (χ1) is 11.9. The van der Waals surface area contributed by atoms with Crippen molar-refractivity contribution in [1.29, 1.82) is 0 Å². The molecule has 2 unspecified atom stereocenters. The molecule has 2 heterocycles. The van der Waals surface area contributed by atoms with Crippen molar-refractivity contribution >= 4 is 42.4 Å². The van der Waals surface area contributed by atoms with Crippen molar-refractivity contribution in [1.82, 2.24) is 9.97 Å². The number of fused-ring (bicyclic) bond motifs is 1. The molecule has 9 heteroatoms. The standard InChI is InChI=1S/C16H16FN4O2PS/c1-2-23-16-20-11(7-4-3-5-8(6-7)13(17)24)9-10(18)12(14(19)22)25-15(9)21-16/h3-6,13H,2,18,24H2,1H3,(H2,19,22). The molecule has 0 radical (unpaired) electrons. The number of carbonyl (C=O) groups is 1. The van der Waals surface area contributed by atoms with E-state index in [0.29, 0.717) is 33.6 Å². The minimum absolute atomic E-state index is 0.162. The summed E-state index contributed by atoms with van der Waals surface area (Å²) in [6.07, 6.45) is 0. The van der Waals surface area contributed by atoms with Crippen molar-refractivity contribution in [3.8, 4) is 17.3 Å². The molecule has 1 amide bonds. The molecule has 0 saturated heterocycles. The van der Waals surface area contributed by atoms with E-state index in [1.807, 2.05) is 6.92 Å². The fourth-order valence-electron chi connectivity index (χ4n) is 2.45. The van der Waals surface area contributed by atoms with Crippen molar-refractivity contribution in [3.63, 3.8) is 0 Å². The number of nitrogens with zero attached hydrogens (tertiary/aromatic N) is 2. The van der Waals surface area contributed by atoms with Crippen LogP contribution in [0.25, 0.3) is 21.5 Å². The van der Waals surface area contributed by atoms with Crippen LogP contribution in [0.1, 0.15) is 28.1 Å². The second-order valence-corrected chi connectivity index (χ2v) is 6.79. The zero-order chi connectivity index (χ0) is 18.1. The zero-order valence-electron chi connectivity index (χ0n) is 13.3. The third-order valence-electron chi connectivity index (χ3n) is 3.54. The van der Waals surface area contributed by atoms with Crippen LogP contribution in [0, 0.1) is 0 Å². The van der Waals surface area contributed by atoms with Crippen LogP contribution in [0.2, 0.25) is 0 Å². The van der Waals surface area contributed by atoms with Crippen LogP contribution in [0.3, 0.4) is 0 Å². The number of nitrogens with two attached hydrogens (primary N) is 2. The summed E-state index contributed by atoms with van der Waals surface area (Å²) >= 11 is 1.08. The molecule has 0 fully saturated rings. The maximum atomic E-state index is 13.7. The predicted octanol–water partition coefficient (Wildman–Crippen LogP) is 3.28. The minimum atomic E-state index is -1.20. The molecule has 0 saturated carbocycles. The van der Waals surface area contributed by atoms with Gasteiger partial charge in [-0.15, -0.1) is 11.3 Å². The number of carbonyl (C=O) groups excluding carboxylic acids is 1. The number of amides is 1. The molecule has 2 aromatic heterocycles. The van der Waals surface area contributed by atoms with Gasteiger partial charge in [-0.05, 0) is 18.6 Å². The summed E-state index contributed by atoms with van der Waals surface area (Å²) in [6, 6.07) is 7.03. The summed E-state index contributed by atoms with van der Waals surface area (Å²) < 4.78 is 19.1.